The van der Waals surface area contributed by atoms with Crippen molar-refractivity contribution in [2.75, 3.05) is 19.4 Å². The number of hydrogen-bond donors (Lipinski definition) is 1. The number of aryl methyl sites for hydroxylation is 2. The first-order valence-corrected chi connectivity index (χ1v) is 9.22. The van der Waals surface area contributed by atoms with E-state index in [1.165, 1.54) is 0 Å². The normalized spacial score (nSPS) is 11.6. The molecule has 0 aliphatic heterocycles. The molecule has 1 unspecified atom stereocenters. The summed E-state index contributed by atoms with van der Waals surface area (Å²) in [4.78, 5) is 25.9. The largest absolute Gasteiger partial charge is 0.481 e. The van der Waals surface area contributed by atoms with E-state index in [1.54, 1.807) is 19.0 Å². The van der Waals surface area contributed by atoms with Crippen molar-refractivity contribution in [2.45, 2.75) is 39.2 Å². The third-order valence-electron chi connectivity index (χ3n) is 4.28. The summed E-state index contributed by atoms with van der Waals surface area (Å²) < 4.78 is 5.83. The fourth-order valence-corrected chi connectivity index (χ4v) is 2.61. The second-order valence-electron chi connectivity index (χ2n) is 6.81. The van der Waals surface area contributed by atoms with E-state index in [0.717, 1.165) is 11.1 Å². The van der Waals surface area contributed by atoms with Crippen LogP contribution in [-0.2, 0) is 16.0 Å². The molecule has 0 aromatic heterocycles. The highest BCUT2D eigenvalue weighted by Crippen LogP contribution is 2.17. The van der Waals surface area contributed by atoms with Crippen molar-refractivity contribution >= 4 is 17.5 Å². The van der Waals surface area contributed by atoms with Gasteiger partial charge in [0.1, 0.15) is 5.75 Å². The molecule has 1 N–H and O–H groups in total. The predicted molar refractivity (Wildman–Crippen MR) is 108 cm³/mol. The quantitative estimate of drug-likeness (QED) is 0.771. The molecule has 0 saturated heterocycles. The topological polar surface area (TPSA) is 58.6 Å². The lowest BCUT2D eigenvalue weighted by atomic mass is 10.1. The van der Waals surface area contributed by atoms with Crippen LogP contribution in [0.3, 0.4) is 0 Å². The molecule has 0 aliphatic rings. The first kappa shape index (κ1) is 20.5. The maximum Gasteiger partial charge on any atom is 0.265 e. The molecule has 0 bridgehead atoms. The Kier molecular flexibility index (Phi) is 7.41. The number of carbonyl (C=O) groups is 2. The zero-order chi connectivity index (χ0) is 19.8. The first-order chi connectivity index (χ1) is 12.9. The van der Waals surface area contributed by atoms with Crippen molar-refractivity contribution in [3.05, 3.63) is 59.7 Å². The van der Waals surface area contributed by atoms with E-state index in [9.17, 15) is 9.59 Å². The van der Waals surface area contributed by atoms with Crippen LogP contribution >= 0.6 is 0 Å². The van der Waals surface area contributed by atoms with Crippen LogP contribution in [0.4, 0.5) is 5.69 Å². The van der Waals surface area contributed by atoms with Gasteiger partial charge in [0.2, 0.25) is 5.91 Å². The lowest BCUT2D eigenvalue weighted by Gasteiger charge is -2.18. The number of carbonyl (C=O) groups excluding carboxylic acids is 2. The maximum atomic E-state index is 12.6. The van der Waals surface area contributed by atoms with Crippen LogP contribution in [-0.4, -0.2) is 36.9 Å². The van der Waals surface area contributed by atoms with Gasteiger partial charge < -0.3 is 15.0 Å². The number of benzene rings is 2. The van der Waals surface area contributed by atoms with E-state index in [2.05, 4.69) is 5.32 Å². The number of nitrogens with zero attached hydrogens (tertiary/aromatic N) is 1. The van der Waals surface area contributed by atoms with Gasteiger partial charge in [-0.15, -0.1) is 0 Å². The van der Waals surface area contributed by atoms with E-state index >= 15 is 0 Å². The Bertz CT molecular complexity index is 769. The number of rotatable bonds is 8. The van der Waals surface area contributed by atoms with E-state index in [0.29, 0.717) is 30.7 Å². The Morgan fingerprint density at radius 3 is 2.44 bits per heavy atom. The summed E-state index contributed by atoms with van der Waals surface area (Å²) in [6.07, 6.45) is 1.08. The van der Waals surface area contributed by atoms with Crippen LogP contribution in [0, 0.1) is 6.92 Å². The van der Waals surface area contributed by atoms with Crippen molar-refractivity contribution < 1.29 is 14.3 Å². The predicted octanol–water partition coefficient (Wildman–Crippen LogP) is 3.81. The molecule has 2 rings (SSSR count). The van der Waals surface area contributed by atoms with Crippen LogP contribution < -0.4 is 10.1 Å². The minimum atomic E-state index is -0.563. The van der Waals surface area contributed by atoms with Crippen LogP contribution in [0.25, 0.3) is 0 Å². The van der Waals surface area contributed by atoms with E-state index in [4.69, 9.17) is 4.74 Å². The molecule has 0 spiro atoms. The summed E-state index contributed by atoms with van der Waals surface area (Å²) in [5.74, 6) is 0.583. The van der Waals surface area contributed by atoms with E-state index in [-0.39, 0.29) is 11.8 Å². The number of anilines is 1. The minimum Gasteiger partial charge on any atom is -0.481 e. The first-order valence-electron chi connectivity index (χ1n) is 9.22. The molecule has 2 aromatic carbocycles. The third kappa shape index (κ3) is 6.44. The molecule has 2 aromatic rings. The lowest BCUT2D eigenvalue weighted by Crippen LogP contribution is -2.32. The molecular formula is C22H28N2O3. The highest BCUT2D eigenvalue weighted by Gasteiger charge is 2.18. The second-order valence-corrected chi connectivity index (χ2v) is 6.81. The standard InChI is InChI=1S/C22H28N2O3/c1-5-20(27-19-12-9-16(2)10-13-19)22(26)23-18-8-6-7-17(15-18)11-14-21(25)24(3)4/h6-10,12-13,15,20H,5,11,14H2,1-4H3,(H,23,26). The summed E-state index contributed by atoms with van der Waals surface area (Å²) in [5, 5.41) is 2.92. The van der Waals surface area contributed by atoms with Gasteiger partial charge in [-0.25, -0.2) is 0 Å². The van der Waals surface area contributed by atoms with E-state index in [1.807, 2.05) is 62.4 Å². The molecule has 0 saturated carbocycles. The van der Waals surface area contributed by atoms with Crippen LogP contribution in [0.2, 0.25) is 0 Å². The van der Waals surface area contributed by atoms with Gasteiger partial charge in [0.15, 0.2) is 6.10 Å². The molecule has 27 heavy (non-hydrogen) atoms. The fraction of sp³-hybridized carbons (Fsp3) is 0.364. The number of hydrogen-bond acceptors (Lipinski definition) is 3. The van der Waals surface area contributed by atoms with Crippen molar-refractivity contribution in [3.63, 3.8) is 0 Å². The fourth-order valence-electron chi connectivity index (χ4n) is 2.61. The van der Waals surface area contributed by atoms with Crippen LogP contribution in [0.15, 0.2) is 48.5 Å². The minimum absolute atomic E-state index is 0.0852. The SMILES string of the molecule is CCC(Oc1ccc(C)cc1)C(=O)Nc1cccc(CCC(=O)N(C)C)c1. The summed E-state index contributed by atoms with van der Waals surface area (Å²) in [6, 6.07) is 15.2. The van der Waals surface area contributed by atoms with Gasteiger partial charge in [0, 0.05) is 26.2 Å². The van der Waals surface area contributed by atoms with Crippen LogP contribution in [0.5, 0.6) is 5.75 Å². The van der Waals surface area contributed by atoms with Gasteiger partial charge in [0.25, 0.3) is 5.91 Å². The zero-order valence-corrected chi connectivity index (χ0v) is 16.5. The summed E-state index contributed by atoms with van der Waals surface area (Å²) in [7, 11) is 3.50. The molecule has 144 valence electrons. The summed E-state index contributed by atoms with van der Waals surface area (Å²) in [6.45, 7) is 3.93. The van der Waals surface area contributed by atoms with Crippen LogP contribution in [0.1, 0.15) is 30.9 Å². The molecule has 0 fully saturated rings. The Hall–Kier alpha value is -2.82. The molecular weight excluding hydrogens is 340 g/mol. The molecule has 0 heterocycles. The van der Waals surface area contributed by atoms with Crippen molar-refractivity contribution in [2.24, 2.45) is 0 Å². The highest BCUT2D eigenvalue weighted by molar-refractivity contribution is 5.94. The highest BCUT2D eigenvalue weighted by atomic mass is 16.5. The summed E-state index contributed by atoms with van der Waals surface area (Å²) >= 11 is 0. The average Bonchev–Trinajstić information content (AvgIpc) is 2.65. The monoisotopic (exact) mass is 368 g/mol. The van der Waals surface area contributed by atoms with Gasteiger partial charge in [0.05, 0.1) is 0 Å². The Morgan fingerprint density at radius 2 is 1.81 bits per heavy atom. The van der Waals surface area contributed by atoms with Gasteiger partial charge in [-0.2, -0.15) is 0 Å². The smallest absolute Gasteiger partial charge is 0.265 e. The van der Waals surface area contributed by atoms with Gasteiger partial charge in [-0.05, 0) is 49.6 Å². The summed E-state index contributed by atoms with van der Waals surface area (Å²) in [5.41, 5.74) is 2.86. The molecule has 1 atom stereocenters. The van der Waals surface area contributed by atoms with Gasteiger partial charge in [-0.1, -0.05) is 36.8 Å². The zero-order valence-electron chi connectivity index (χ0n) is 16.5. The number of nitrogens with one attached hydrogen (secondary N) is 1. The lowest BCUT2D eigenvalue weighted by molar-refractivity contribution is -0.128. The van der Waals surface area contributed by atoms with E-state index < -0.39 is 6.10 Å². The Labute approximate surface area is 161 Å². The number of amides is 2. The molecule has 0 radical (unpaired) electrons. The molecule has 2 amide bonds. The van der Waals surface area contributed by atoms with Crippen molar-refractivity contribution in [3.8, 4) is 5.75 Å². The van der Waals surface area contributed by atoms with Crippen molar-refractivity contribution in [1.29, 1.82) is 0 Å². The Morgan fingerprint density at radius 1 is 1.11 bits per heavy atom. The second kappa shape index (κ2) is 9.76. The molecule has 5 heteroatoms. The molecule has 5 nitrogen and oxygen atoms in total. The van der Waals surface area contributed by atoms with Gasteiger partial charge in [-0.3, -0.25) is 9.59 Å². The average molecular weight is 368 g/mol. The molecule has 0 aliphatic carbocycles. The maximum absolute atomic E-state index is 12.6. The Balaban J connectivity index is 1.97. The van der Waals surface area contributed by atoms with Gasteiger partial charge >= 0.3 is 0 Å². The number of ether oxygens (including phenoxy) is 1. The third-order valence-corrected chi connectivity index (χ3v) is 4.28. The van der Waals surface area contributed by atoms with Crippen molar-refractivity contribution in [1.82, 2.24) is 4.90 Å².